The highest BCUT2D eigenvalue weighted by Crippen LogP contribution is 2.35. The molecule has 2 rings (SSSR count). The van der Waals surface area contributed by atoms with Crippen molar-refractivity contribution in [2.75, 3.05) is 0 Å². The molecule has 0 atom stereocenters. The number of carbonyl (C=O) groups excluding carboxylic acids is 1. The summed E-state index contributed by atoms with van der Waals surface area (Å²) in [7, 11) is 0. The zero-order valence-electron chi connectivity index (χ0n) is 8.68. The molecule has 0 spiro atoms. The van der Waals surface area contributed by atoms with Crippen molar-refractivity contribution in [3.63, 3.8) is 0 Å². The molecule has 0 radical (unpaired) electrons. The maximum absolute atomic E-state index is 11.9. The van der Waals surface area contributed by atoms with Crippen molar-refractivity contribution >= 4 is 39.8 Å². The largest absolute Gasteiger partial charge is 0.347 e. The Labute approximate surface area is 108 Å². The molecule has 0 unspecified atom stereocenters. The summed E-state index contributed by atoms with van der Waals surface area (Å²) in [5.74, 6) is 0.0933. The lowest BCUT2D eigenvalue weighted by Crippen LogP contribution is -2.52. The van der Waals surface area contributed by atoms with E-state index in [0.29, 0.717) is 0 Å². The Morgan fingerprint density at radius 2 is 2.40 bits per heavy atom. The summed E-state index contributed by atoms with van der Waals surface area (Å²) >= 11 is 3.86. The SMILES string of the molecule is CCC1(NC(=O)c2csc(I)c2)CCC1. The predicted molar refractivity (Wildman–Crippen MR) is 71.4 cm³/mol. The number of nitrogens with one attached hydrogen (secondary N) is 1. The molecule has 15 heavy (non-hydrogen) atoms. The van der Waals surface area contributed by atoms with Crippen molar-refractivity contribution in [1.29, 1.82) is 0 Å². The molecule has 82 valence electrons. The van der Waals surface area contributed by atoms with Crippen molar-refractivity contribution in [3.8, 4) is 0 Å². The third kappa shape index (κ3) is 2.36. The van der Waals surface area contributed by atoms with Crippen LogP contribution >= 0.6 is 33.9 Å². The standard InChI is InChI=1S/C11H14INOS/c1-2-11(4-3-5-11)13-10(14)8-6-9(12)15-7-8/h6-7H,2-5H2,1H3,(H,13,14). The van der Waals surface area contributed by atoms with E-state index in [9.17, 15) is 4.79 Å². The third-order valence-corrected chi connectivity index (χ3v) is 4.98. The predicted octanol–water partition coefficient (Wildman–Crippen LogP) is 3.42. The summed E-state index contributed by atoms with van der Waals surface area (Å²) in [6, 6.07) is 1.95. The zero-order chi connectivity index (χ0) is 10.9. The molecule has 1 amide bonds. The molecular weight excluding hydrogens is 321 g/mol. The minimum atomic E-state index is 0.0933. The minimum absolute atomic E-state index is 0.0933. The van der Waals surface area contributed by atoms with Crippen LogP contribution in [0.15, 0.2) is 11.4 Å². The van der Waals surface area contributed by atoms with Gasteiger partial charge in [-0.1, -0.05) is 6.92 Å². The van der Waals surface area contributed by atoms with Gasteiger partial charge in [-0.25, -0.2) is 0 Å². The number of amides is 1. The molecule has 0 aliphatic heterocycles. The van der Waals surface area contributed by atoms with E-state index >= 15 is 0 Å². The van der Waals surface area contributed by atoms with E-state index in [1.165, 1.54) is 6.42 Å². The fourth-order valence-corrected chi connectivity index (χ4v) is 3.24. The Hall–Kier alpha value is -0.100. The molecule has 0 aromatic carbocycles. The summed E-state index contributed by atoms with van der Waals surface area (Å²) in [4.78, 5) is 11.9. The van der Waals surface area contributed by atoms with Gasteiger partial charge in [-0.2, -0.15) is 0 Å². The lowest BCUT2D eigenvalue weighted by Gasteiger charge is -2.41. The fourth-order valence-electron chi connectivity index (χ4n) is 1.91. The number of carbonyl (C=O) groups is 1. The topological polar surface area (TPSA) is 29.1 Å². The van der Waals surface area contributed by atoms with Crippen LogP contribution in [0.4, 0.5) is 0 Å². The maximum Gasteiger partial charge on any atom is 0.252 e. The number of thiophene rings is 1. The number of hydrogen-bond acceptors (Lipinski definition) is 2. The molecule has 1 aromatic rings. The van der Waals surface area contributed by atoms with Crippen molar-refractivity contribution < 1.29 is 4.79 Å². The van der Waals surface area contributed by atoms with Crippen LogP contribution in [0.1, 0.15) is 43.0 Å². The molecule has 0 bridgehead atoms. The molecular formula is C11H14INOS. The third-order valence-electron chi connectivity index (χ3n) is 3.20. The first-order valence-electron chi connectivity index (χ1n) is 5.22. The maximum atomic E-state index is 11.9. The molecule has 1 heterocycles. The van der Waals surface area contributed by atoms with Crippen LogP contribution in [-0.2, 0) is 0 Å². The number of rotatable bonds is 3. The van der Waals surface area contributed by atoms with Gasteiger partial charge in [-0.3, -0.25) is 4.79 Å². The van der Waals surface area contributed by atoms with E-state index in [1.807, 2.05) is 11.4 Å². The van der Waals surface area contributed by atoms with E-state index in [4.69, 9.17) is 0 Å². The van der Waals surface area contributed by atoms with E-state index in [1.54, 1.807) is 11.3 Å². The molecule has 1 fully saturated rings. The van der Waals surface area contributed by atoms with Crippen molar-refractivity contribution in [3.05, 3.63) is 19.9 Å². The highest BCUT2D eigenvalue weighted by atomic mass is 127. The normalized spacial score (nSPS) is 18.3. The van der Waals surface area contributed by atoms with E-state index in [0.717, 1.165) is 27.7 Å². The first kappa shape index (κ1) is 11.4. The zero-order valence-corrected chi connectivity index (χ0v) is 11.7. The highest BCUT2D eigenvalue weighted by Gasteiger charge is 2.36. The lowest BCUT2D eigenvalue weighted by atomic mass is 9.75. The van der Waals surface area contributed by atoms with Crippen LogP contribution in [0, 0.1) is 2.88 Å². The van der Waals surface area contributed by atoms with Crippen molar-refractivity contribution in [1.82, 2.24) is 5.32 Å². The molecule has 2 nitrogen and oxygen atoms in total. The molecule has 4 heteroatoms. The first-order valence-corrected chi connectivity index (χ1v) is 7.18. The molecule has 1 N–H and O–H groups in total. The van der Waals surface area contributed by atoms with Crippen LogP contribution in [0.2, 0.25) is 0 Å². The van der Waals surface area contributed by atoms with Gasteiger partial charge in [-0.15, -0.1) is 11.3 Å². The smallest absolute Gasteiger partial charge is 0.252 e. The average molecular weight is 335 g/mol. The average Bonchev–Trinajstić information content (AvgIpc) is 2.58. The van der Waals surface area contributed by atoms with E-state index in [2.05, 4.69) is 34.8 Å². The summed E-state index contributed by atoms with van der Waals surface area (Å²) in [5.41, 5.74) is 0.911. The lowest BCUT2D eigenvalue weighted by molar-refractivity contribution is 0.0821. The number of halogens is 1. The van der Waals surface area contributed by atoms with Crippen molar-refractivity contribution in [2.45, 2.75) is 38.1 Å². The van der Waals surface area contributed by atoms with Gasteiger partial charge in [0.2, 0.25) is 0 Å². The Balaban J connectivity index is 2.03. The van der Waals surface area contributed by atoms with Crippen LogP contribution in [0.5, 0.6) is 0 Å². The van der Waals surface area contributed by atoms with E-state index in [-0.39, 0.29) is 11.4 Å². The molecule has 1 aliphatic rings. The van der Waals surface area contributed by atoms with Gasteiger partial charge in [0, 0.05) is 10.9 Å². The molecule has 0 saturated heterocycles. The van der Waals surface area contributed by atoms with E-state index < -0.39 is 0 Å². The highest BCUT2D eigenvalue weighted by molar-refractivity contribution is 14.1. The van der Waals surface area contributed by atoms with Crippen LogP contribution in [0.25, 0.3) is 0 Å². The Kier molecular flexibility index (Phi) is 3.35. The van der Waals surface area contributed by atoms with Gasteiger partial charge in [0.25, 0.3) is 5.91 Å². The number of hydrogen-bond donors (Lipinski definition) is 1. The van der Waals surface area contributed by atoms with Gasteiger partial charge < -0.3 is 5.32 Å². The van der Waals surface area contributed by atoms with Gasteiger partial charge in [0.05, 0.1) is 8.45 Å². The second-order valence-corrected chi connectivity index (χ2v) is 6.89. The Bertz CT molecular complexity index is 365. The Morgan fingerprint density at radius 1 is 1.67 bits per heavy atom. The summed E-state index contributed by atoms with van der Waals surface area (Å²) in [6.45, 7) is 2.15. The van der Waals surface area contributed by atoms with Crippen LogP contribution < -0.4 is 5.32 Å². The van der Waals surface area contributed by atoms with Gasteiger partial charge >= 0.3 is 0 Å². The monoisotopic (exact) mass is 335 g/mol. The summed E-state index contributed by atoms with van der Waals surface area (Å²) in [6.07, 6.45) is 4.56. The van der Waals surface area contributed by atoms with Crippen LogP contribution in [0.3, 0.4) is 0 Å². The van der Waals surface area contributed by atoms with Gasteiger partial charge in [0.1, 0.15) is 0 Å². The second kappa shape index (κ2) is 4.41. The van der Waals surface area contributed by atoms with Gasteiger partial charge in [0.15, 0.2) is 0 Å². The minimum Gasteiger partial charge on any atom is -0.347 e. The quantitative estimate of drug-likeness (QED) is 0.843. The van der Waals surface area contributed by atoms with Gasteiger partial charge in [-0.05, 0) is 54.3 Å². The summed E-state index contributed by atoms with van der Waals surface area (Å²) in [5, 5.41) is 5.10. The second-order valence-electron chi connectivity index (χ2n) is 4.08. The molecule has 1 saturated carbocycles. The first-order chi connectivity index (χ1) is 7.15. The fraction of sp³-hybridized carbons (Fsp3) is 0.545. The van der Waals surface area contributed by atoms with Crippen molar-refractivity contribution in [2.24, 2.45) is 0 Å². The van der Waals surface area contributed by atoms with Crippen LogP contribution in [-0.4, -0.2) is 11.4 Å². The summed E-state index contributed by atoms with van der Waals surface area (Å²) < 4.78 is 1.16. The molecule has 1 aliphatic carbocycles. The Morgan fingerprint density at radius 3 is 2.80 bits per heavy atom. The molecule has 1 aromatic heterocycles.